The molecule has 1 aromatic rings. The molecule has 0 amide bonds. The van der Waals surface area contributed by atoms with Gasteiger partial charge in [0.2, 0.25) is 10.0 Å². The van der Waals surface area contributed by atoms with Gasteiger partial charge in [-0.2, -0.15) is 4.31 Å². The summed E-state index contributed by atoms with van der Waals surface area (Å²) in [6, 6.07) is 4.41. The van der Waals surface area contributed by atoms with Crippen molar-refractivity contribution >= 4 is 33.2 Å². The summed E-state index contributed by atoms with van der Waals surface area (Å²) in [5.41, 5.74) is 0. The number of likely N-dealkylation sites (N-methyl/N-ethyl adjacent to an activating group) is 1. The summed E-state index contributed by atoms with van der Waals surface area (Å²) in [7, 11) is -1.39. The van der Waals surface area contributed by atoms with Crippen LogP contribution in [-0.2, 0) is 10.0 Å². The Kier molecular flexibility index (Phi) is 4.18. The van der Waals surface area contributed by atoms with Crippen LogP contribution >= 0.6 is 23.2 Å². The molecule has 1 aliphatic rings. The van der Waals surface area contributed by atoms with Crippen LogP contribution in [0.3, 0.4) is 0 Å². The van der Waals surface area contributed by atoms with Gasteiger partial charge in [-0.1, -0.05) is 23.2 Å². The molecule has 100 valence electrons. The second kappa shape index (κ2) is 5.35. The molecule has 18 heavy (non-hydrogen) atoms. The largest absolute Gasteiger partial charge is 0.335 e. The molecule has 0 bridgehead atoms. The van der Waals surface area contributed by atoms with Crippen LogP contribution in [0.2, 0.25) is 10.0 Å². The van der Waals surface area contributed by atoms with Gasteiger partial charge in [-0.15, -0.1) is 0 Å². The highest BCUT2D eigenvalue weighted by Gasteiger charge is 2.29. The highest BCUT2D eigenvalue weighted by atomic mass is 35.5. The Hall–Kier alpha value is -0.330. The Morgan fingerprint density at radius 1 is 1.17 bits per heavy atom. The van der Waals surface area contributed by atoms with Crippen molar-refractivity contribution in [2.24, 2.45) is 0 Å². The van der Waals surface area contributed by atoms with Crippen LogP contribution in [0.5, 0.6) is 0 Å². The molecular weight excluding hydrogens is 295 g/mol. The molecule has 1 N–H and O–H groups in total. The van der Waals surface area contributed by atoms with E-state index in [1.807, 2.05) is 0 Å². The fourth-order valence-corrected chi connectivity index (χ4v) is 3.73. The predicted molar refractivity (Wildman–Crippen MR) is 71.8 cm³/mol. The first-order valence-electron chi connectivity index (χ1n) is 5.68. The Bertz CT molecular complexity index is 540. The van der Waals surface area contributed by atoms with Crippen LogP contribution in [-0.4, -0.2) is 45.9 Å². The van der Waals surface area contributed by atoms with Gasteiger partial charge in [-0.25, -0.2) is 8.42 Å². The fourth-order valence-electron chi connectivity index (χ4n) is 1.89. The molecule has 0 unspecified atom stereocenters. The third-order valence-corrected chi connectivity index (χ3v) is 5.74. The van der Waals surface area contributed by atoms with E-state index in [0.29, 0.717) is 18.1 Å². The fraction of sp³-hybridized carbons (Fsp3) is 0.455. The van der Waals surface area contributed by atoms with Crippen LogP contribution in [0.25, 0.3) is 0 Å². The smallest absolute Gasteiger partial charge is 0.243 e. The van der Waals surface area contributed by atoms with Crippen LogP contribution in [0.15, 0.2) is 23.1 Å². The van der Waals surface area contributed by atoms with E-state index in [9.17, 15) is 8.42 Å². The molecule has 1 saturated heterocycles. The second-order valence-electron chi connectivity index (χ2n) is 4.44. The first kappa shape index (κ1) is 14.1. The Morgan fingerprint density at radius 3 is 2.33 bits per heavy atom. The van der Waals surface area contributed by atoms with Gasteiger partial charge in [0.25, 0.3) is 0 Å². The SMILES string of the molecule is C[NH+]1CCN(S(=O)(=O)c2ccc(Cl)c(Cl)c2)CC1. The van der Waals surface area contributed by atoms with Gasteiger partial charge in [0.15, 0.2) is 0 Å². The summed E-state index contributed by atoms with van der Waals surface area (Å²) in [5, 5.41) is 0.621. The number of quaternary nitrogens is 1. The molecule has 2 rings (SSSR count). The van der Waals surface area contributed by atoms with Crippen LogP contribution in [0.4, 0.5) is 0 Å². The van der Waals surface area contributed by atoms with Crippen molar-refractivity contribution in [2.45, 2.75) is 4.90 Å². The molecule has 0 atom stereocenters. The number of rotatable bonds is 2. The Morgan fingerprint density at radius 2 is 1.78 bits per heavy atom. The molecule has 0 spiro atoms. The van der Waals surface area contributed by atoms with E-state index in [2.05, 4.69) is 7.05 Å². The van der Waals surface area contributed by atoms with Crippen molar-refractivity contribution in [3.63, 3.8) is 0 Å². The molecule has 1 fully saturated rings. The van der Waals surface area contributed by atoms with Gasteiger partial charge in [-0.3, -0.25) is 0 Å². The number of hydrogen-bond donors (Lipinski definition) is 1. The topological polar surface area (TPSA) is 41.8 Å². The predicted octanol–water partition coefficient (Wildman–Crippen LogP) is 0.512. The van der Waals surface area contributed by atoms with E-state index in [1.165, 1.54) is 27.4 Å². The van der Waals surface area contributed by atoms with Gasteiger partial charge < -0.3 is 4.90 Å². The van der Waals surface area contributed by atoms with E-state index < -0.39 is 10.0 Å². The van der Waals surface area contributed by atoms with E-state index in [4.69, 9.17) is 23.2 Å². The maximum atomic E-state index is 12.4. The maximum Gasteiger partial charge on any atom is 0.243 e. The van der Waals surface area contributed by atoms with E-state index in [1.54, 1.807) is 0 Å². The minimum absolute atomic E-state index is 0.205. The zero-order chi connectivity index (χ0) is 13.3. The Balaban J connectivity index is 2.27. The molecular formula is C11H15Cl2N2O2S+. The van der Waals surface area contributed by atoms with E-state index in [-0.39, 0.29) is 9.92 Å². The number of sulfonamides is 1. The van der Waals surface area contributed by atoms with E-state index >= 15 is 0 Å². The average Bonchev–Trinajstić information content (AvgIpc) is 2.33. The number of nitrogens with zero attached hydrogens (tertiary/aromatic N) is 1. The lowest BCUT2D eigenvalue weighted by molar-refractivity contribution is -0.883. The number of piperazine rings is 1. The van der Waals surface area contributed by atoms with Crippen molar-refractivity contribution in [2.75, 3.05) is 33.2 Å². The van der Waals surface area contributed by atoms with Gasteiger partial charge in [0, 0.05) is 0 Å². The highest BCUT2D eigenvalue weighted by molar-refractivity contribution is 7.89. The van der Waals surface area contributed by atoms with Crippen molar-refractivity contribution in [3.8, 4) is 0 Å². The number of hydrogen-bond acceptors (Lipinski definition) is 2. The molecule has 0 saturated carbocycles. The second-order valence-corrected chi connectivity index (χ2v) is 7.19. The lowest BCUT2D eigenvalue weighted by Gasteiger charge is -2.29. The zero-order valence-electron chi connectivity index (χ0n) is 9.99. The normalized spacial score (nSPS) is 19.1. The minimum atomic E-state index is -3.45. The minimum Gasteiger partial charge on any atom is -0.335 e. The van der Waals surface area contributed by atoms with Crippen LogP contribution in [0, 0.1) is 0 Å². The average molecular weight is 310 g/mol. The van der Waals surface area contributed by atoms with Gasteiger partial charge >= 0.3 is 0 Å². The summed E-state index contributed by atoms with van der Waals surface area (Å²) < 4.78 is 26.2. The molecule has 1 heterocycles. The van der Waals surface area contributed by atoms with Crippen LogP contribution < -0.4 is 4.90 Å². The highest BCUT2D eigenvalue weighted by Crippen LogP contribution is 2.26. The number of nitrogens with one attached hydrogen (secondary N) is 1. The van der Waals surface area contributed by atoms with Gasteiger partial charge in [0.1, 0.15) is 0 Å². The van der Waals surface area contributed by atoms with Crippen molar-refractivity contribution < 1.29 is 13.3 Å². The Labute approximate surface area is 117 Å². The summed E-state index contributed by atoms with van der Waals surface area (Å²) in [6.45, 7) is 2.71. The van der Waals surface area contributed by atoms with Crippen molar-refractivity contribution in [1.82, 2.24) is 4.31 Å². The van der Waals surface area contributed by atoms with Crippen molar-refractivity contribution in [1.29, 1.82) is 0 Å². The quantitative estimate of drug-likeness (QED) is 0.865. The lowest BCUT2D eigenvalue weighted by atomic mass is 10.4. The van der Waals surface area contributed by atoms with Gasteiger partial charge in [-0.05, 0) is 18.2 Å². The summed E-state index contributed by atoms with van der Waals surface area (Å²) >= 11 is 11.7. The van der Waals surface area contributed by atoms with E-state index in [0.717, 1.165) is 13.1 Å². The molecule has 0 aliphatic carbocycles. The third-order valence-electron chi connectivity index (χ3n) is 3.10. The molecule has 7 heteroatoms. The van der Waals surface area contributed by atoms with Gasteiger partial charge in [0.05, 0.1) is 48.2 Å². The number of benzene rings is 1. The first-order chi connectivity index (χ1) is 8.41. The maximum absolute atomic E-state index is 12.4. The zero-order valence-corrected chi connectivity index (χ0v) is 12.3. The molecule has 1 aliphatic heterocycles. The molecule has 0 aromatic heterocycles. The first-order valence-corrected chi connectivity index (χ1v) is 7.87. The molecule has 1 aromatic carbocycles. The lowest BCUT2D eigenvalue weighted by Crippen LogP contribution is -3.12. The molecule has 0 radical (unpaired) electrons. The summed E-state index contributed by atoms with van der Waals surface area (Å²) in [6.07, 6.45) is 0. The summed E-state index contributed by atoms with van der Waals surface area (Å²) in [5.74, 6) is 0. The number of halogens is 2. The van der Waals surface area contributed by atoms with Crippen LogP contribution in [0.1, 0.15) is 0 Å². The van der Waals surface area contributed by atoms with Crippen molar-refractivity contribution in [3.05, 3.63) is 28.2 Å². The monoisotopic (exact) mass is 309 g/mol. The standard InChI is InChI=1S/C11H14Cl2N2O2S/c1-14-4-6-15(7-5-14)18(16,17)9-2-3-10(12)11(13)8-9/h2-3,8H,4-7H2,1H3/p+1. The third kappa shape index (κ3) is 2.81. The molecule has 4 nitrogen and oxygen atoms in total. The summed E-state index contributed by atoms with van der Waals surface area (Å²) in [4.78, 5) is 1.55.